The minimum Gasteiger partial charge on any atom is -0.0990 e. The molecule has 0 aliphatic heterocycles. The van der Waals surface area contributed by atoms with Gasteiger partial charge in [0, 0.05) is 6.42 Å². The van der Waals surface area contributed by atoms with E-state index in [9.17, 15) is 0 Å². The third-order valence-corrected chi connectivity index (χ3v) is 1.32. The van der Waals surface area contributed by atoms with Gasteiger partial charge in [-0.25, -0.2) is 0 Å². The molecule has 0 amide bonds. The Morgan fingerprint density at radius 3 is 2.82 bits per heavy atom. The van der Waals surface area contributed by atoms with Crippen LogP contribution in [-0.4, -0.2) is 0 Å². The lowest BCUT2D eigenvalue weighted by molar-refractivity contribution is 0.737. The van der Waals surface area contributed by atoms with Crippen LogP contribution in [0.2, 0.25) is 0 Å². The quantitative estimate of drug-likeness (QED) is 0.326. The Balaban J connectivity index is 3.25. The van der Waals surface area contributed by atoms with Gasteiger partial charge in [-0.1, -0.05) is 50.3 Å². The van der Waals surface area contributed by atoms with E-state index < -0.39 is 0 Å². The van der Waals surface area contributed by atoms with E-state index >= 15 is 0 Å². The summed E-state index contributed by atoms with van der Waals surface area (Å²) in [6, 6.07) is 0. The van der Waals surface area contributed by atoms with Gasteiger partial charge in [0.2, 0.25) is 0 Å². The molecule has 0 saturated carbocycles. The molecule has 0 aliphatic rings. The number of rotatable bonds is 4. The van der Waals surface area contributed by atoms with Gasteiger partial charge >= 0.3 is 0 Å². The zero-order chi connectivity index (χ0) is 8.36. The van der Waals surface area contributed by atoms with E-state index in [0.29, 0.717) is 0 Å². The Hall–Kier alpha value is -0.960. The van der Waals surface area contributed by atoms with Crippen molar-refractivity contribution < 1.29 is 0 Å². The normalized spacial score (nSPS) is 9.18. The first-order valence-electron chi connectivity index (χ1n) is 4.17. The highest BCUT2D eigenvalue weighted by molar-refractivity contribution is 5.18. The van der Waals surface area contributed by atoms with E-state index in [2.05, 4.69) is 25.3 Å². The molecular formula is C11H16. The smallest absolute Gasteiger partial charge is 0.00922 e. The summed E-state index contributed by atoms with van der Waals surface area (Å²) in [4.78, 5) is 0. The molecule has 0 N–H and O–H groups in total. The standard InChI is InChI=1S/C11H16/c1-3-5-7-9-11-10-8-6-4-2/h3,5,7H,1,4,6,8,10H2,2H3/b7-5+. The van der Waals surface area contributed by atoms with Crippen molar-refractivity contribution in [3.05, 3.63) is 24.8 Å². The van der Waals surface area contributed by atoms with Gasteiger partial charge in [0.15, 0.2) is 0 Å². The van der Waals surface area contributed by atoms with Crippen molar-refractivity contribution in [2.24, 2.45) is 0 Å². The van der Waals surface area contributed by atoms with E-state index in [-0.39, 0.29) is 0 Å². The minimum atomic E-state index is 1.02. The fourth-order valence-corrected chi connectivity index (χ4v) is 0.711. The summed E-state index contributed by atoms with van der Waals surface area (Å²) in [5.74, 6) is 6.01. The van der Waals surface area contributed by atoms with Crippen LogP contribution >= 0.6 is 0 Å². The van der Waals surface area contributed by atoms with Crippen molar-refractivity contribution in [2.45, 2.75) is 32.6 Å². The summed E-state index contributed by atoms with van der Waals surface area (Å²) in [5.41, 5.74) is 0. The first kappa shape index (κ1) is 10.0. The van der Waals surface area contributed by atoms with Crippen LogP contribution in [0.15, 0.2) is 24.8 Å². The van der Waals surface area contributed by atoms with Crippen molar-refractivity contribution in [3.8, 4) is 11.8 Å². The average molecular weight is 148 g/mol. The van der Waals surface area contributed by atoms with Gasteiger partial charge in [0.1, 0.15) is 0 Å². The first-order chi connectivity index (χ1) is 5.41. The molecule has 0 fully saturated rings. The summed E-state index contributed by atoms with van der Waals surface area (Å²) in [7, 11) is 0. The predicted molar refractivity (Wildman–Crippen MR) is 51.3 cm³/mol. The molecule has 0 atom stereocenters. The van der Waals surface area contributed by atoms with Crippen molar-refractivity contribution in [2.75, 3.05) is 0 Å². The van der Waals surface area contributed by atoms with E-state index in [0.717, 1.165) is 6.42 Å². The van der Waals surface area contributed by atoms with Crippen LogP contribution in [0.4, 0.5) is 0 Å². The van der Waals surface area contributed by atoms with Crippen LogP contribution in [-0.2, 0) is 0 Å². The first-order valence-corrected chi connectivity index (χ1v) is 4.17. The van der Waals surface area contributed by atoms with Crippen LogP contribution in [0.25, 0.3) is 0 Å². The van der Waals surface area contributed by atoms with Gasteiger partial charge < -0.3 is 0 Å². The van der Waals surface area contributed by atoms with Crippen LogP contribution in [0, 0.1) is 11.8 Å². The number of unbranched alkanes of at least 4 members (excludes halogenated alkanes) is 3. The summed E-state index contributed by atoms with van der Waals surface area (Å²) >= 11 is 0. The van der Waals surface area contributed by atoms with Gasteiger partial charge in [0.25, 0.3) is 0 Å². The second kappa shape index (κ2) is 9.04. The van der Waals surface area contributed by atoms with Crippen molar-refractivity contribution in [1.29, 1.82) is 0 Å². The molecule has 0 aliphatic carbocycles. The number of hydrogen-bond donors (Lipinski definition) is 0. The molecule has 0 radical (unpaired) electrons. The molecule has 0 nitrogen and oxygen atoms in total. The molecule has 0 aromatic rings. The highest BCUT2D eigenvalue weighted by atomic mass is 13.8. The molecule has 0 heteroatoms. The topological polar surface area (TPSA) is 0 Å². The van der Waals surface area contributed by atoms with Gasteiger partial charge in [-0.3, -0.25) is 0 Å². The molecule has 11 heavy (non-hydrogen) atoms. The average Bonchev–Trinajstić information content (AvgIpc) is 2.03. The Kier molecular flexibility index (Phi) is 8.25. The molecule has 0 rings (SSSR count). The summed E-state index contributed by atoms with van der Waals surface area (Å²) in [5, 5.41) is 0. The highest BCUT2D eigenvalue weighted by Crippen LogP contribution is 1.96. The molecule has 0 aromatic carbocycles. The largest absolute Gasteiger partial charge is 0.0990 e. The van der Waals surface area contributed by atoms with Crippen LogP contribution in [0.5, 0.6) is 0 Å². The number of hydrogen-bond acceptors (Lipinski definition) is 0. The van der Waals surface area contributed by atoms with Crippen LogP contribution in [0.3, 0.4) is 0 Å². The SMILES string of the molecule is C=C/C=C/C#CCCCCC. The van der Waals surface area contributed by atoms with E-state index in [1.54, 1.807) is 6.08 Å². The summed E-state index contributed by atoms with van der Waals surface area (Å²) in [6.45, 7) is 5.75. The minimum absolute atomic E-state index is 1.02. The molecule has 60 valence electrons. The third kappa shape index (κ3) is 9.04. The lowest BCUT2D eigenvalue weighted by Crippen LogP contribution is -1.69. The van der Waals surface area contributed by atoms with Gasteiger partial charge in [-0.2, -0.15) is 0 Å². The molecule has 0 aromatic heterocycles. The maximum Gasteiger partial charge on any atom is 0.00922 e. The highest BCUT2D eigenvalue weighted by Gasteiger charge is 1.78. The molecule has 0 bridgehead atoms. The fraction of sp³-hybridized carbons (Fsp3) is 0.455. The summed E-state index contributed by atoms with van der Waals surface area (Å²) < 4.78 is 0. The van der Waals surface area contributed by atoms with Crippen LogP contribution < -0.4 is 0 Å². The number of allylic oxidation sites excluding steroid dienone is 3. The Morgan fingerprint density at radius 2 is 2.18 bits per heavy atom. The van der Waals surface area contributed by atoms with E-state index in [4.69, 9.17) is 0 Å². The monoisotopic (exact) mass is 148 g/mol. The van der Waals surface area contributed by atoms with Crippen molar-refractivity contribution in [3.63, 3.8) is 0 Å². The third-order valence-electron chi connectivity index (χ3n) is 1.32. The molecule has 0 spiro atoms. The molecular weight excluding hydrogens is 132 g/mol. The van der Waals surface area contributed by atoms with Crippen molar-refractivity contribution >= 4 is 0 Å². The Labute approximate surface area is 70.0 Å². The van der Waals surface area contributed by atoms with Gasteiger partial charge in [-0.15, -0.1) is 0 Å². The zero-order valence-corrected chi connectivity index (χ0v) is 7.27. The van der Waals surface area contributed by atoms with Gasteiger partial charge in [0.05, 0.1) is 0 Å². The fourth-order valence-electron chi connectivity index (χ4n) is 0.711. The maximum absolute atomic E-state index is 3.55. The van der Waals surface area contributed by atoms with Crippen molar-refractivity contribution in [1.82, 2.24) is 0 Å². The summed E-state index contributed by atoms with van der Waals surface area (Å²) in [6.07, 6.45) is 10.2. The molecule has 0 heterocycles. The second-order valence-electron chi connectivity index (χ2n) is 2.37. The predicted octanol–water partition coefficient (Wildman–Crippen LogP) is 3.31. The molecule has 0 unspecified atom stereocenters. The Morgan fingerprint density at radius 1 is 1.36 bits per heavy atom. The van der Waals surface area contributed by atoms with Crippen LogP contribution in [0.1, 0.15) is 32.6 Å². The maximum atomic E-state index is 3.55. The lowest BCUT2D eigenvalue weighted by atomic mass is 10.2. The zero-order valence-electron chi connectivity index (χ0n) is 7.27. The van der Waals surface area contributed by atoms with Gasteiger partial charge in [-0.05, 0) is 12.5 Å². The second-order valence-corrected chi connectivity index (χ2v) is 2.37. The van der Waals surface area contributed by atoms with E-state index in [1.165, 1.54) is 19.3 Å². The Bertz CT molecular complexity index is 164. The lowest BCUT2D eigenvalue weighted by Gasteiger charge is -1.87. The van der Waals surface area contributed by atoms with E-state index in [1.807, 2.05) is 12.2 Å². The molecule has 0 saturated heterocycles.